The van der Waals surface area contributed by atoms with Crippen molar-refractivity contribution >= 4 is 5.91 Å². The van der Waals surface area contributed by atoms with E-state index >= 15 is 0 Å². The molecule has 0 unspecified atom stereocenters. The predicted molar refractivity (Wildman–Crippen MR) is 60.5 cm³/mol. The van der Waals surface area contributed by atoms with Crippen molar-refractivity contribution in [2.45, 2.75) is 27.3 Å². The van der Waals surface area contributed by atoms with Crippen LogP contribution in [0.3, 0.4) is 0 Å². The number of rotatable bonds is 3. The summed E-state index contributed by atoms with van der Waals surface area (Å²) in [5, 5.41) is 9.46. The van der Waals surface area contributed by atoms with Crippen molar-refractivity contribution in [3.05, 3.63) is 34.8 Å². The number of nitrogens with zero attached hydrogens (tertiary/aromatic N) is 2. The van der Waals surface area contributed by atoms with Crippen LogP contribution in [0.4, 0.5) is 0 Å². The summed E-state index contributed by atoms with van der Waals surface area (Å²) in [6.45, 7) is 5.78. The van der Waals surface area contributed by atoms with E-state index in [1.807, 2.05) is 6.92 Å². The van der Waals surface area contributed by atoms with Crippen molar-refractivity contribution in [2.24, 2.45) is 0 Å². The lowest BCUT2D eigenvalue weighted by Gasteiger charge is -2.02. The molecule has 2 aromatic rings. The molecule has 0 atom stereocenters. The lowest BCUT2D eigenvalue weighted by atomic mass is 10.2. The average molecular weight is 234 g/mol. The first-order valence-electron chi connectivity index (χ1n) is 5.29. The fourth-order valence-electron chi connectivity index (χ4n) is 1.55. The van der Waals surface area contributed by atoms with Gasteiger partial charge in [0.2, 0.25) is 5.76 Å². The van der Waals surface area contributed by atoms with Crippen molar-refractivity contribution in [1.82, 2.24) is 20.5 Å². The highest BCUT2D eigenvalue weighted by Crippen LogP contribution is 2.09. The molecule has 6 nitrogen and oxygen atoms in total. The van der Waals surface area contributed by atoms with E-state index in [4.69, 9.17) is 4.42 Å². The number of hydrogen-bond acceptors (Lipinski definition) is 4. The van der Waals surface area contributed by atoms with Crippen molar-refractivity contribution < 1.29 is 9.21 Å². The van der Waals surface area contributed by atoms with Gasteiger partial charge in [0.1, 0.15) is 0 Å². The first-order valence-corrected chi connectivity index (χ1v) is 5.29. The maximum absolute atomic E-state index is 11.8. The van der Waals surface area contributed by atoms with Crippen LogP contribution in [-0.2, 0) is 6.54 Å². The number of aromatic amines is 1. The van der Waals surface area contributed by atoms with Gasteiger partial charge in [-0.25, -0.2) is 4.98 Å². The molecule has 0 aromatic carbocycles. The highest BCUT2D eigenvalue weighted by Gasteiger charge is 2.15. The zero-order valence-corrected chi connectivity index (χ0v) is 10.00. The number of amides is 1. The minimum Gasteiger partial charge on any atom is -0.436 e. The molecule has 6 heteroatoms. The van der Waals surface area contributed by atoms with Gasteiger partial charge in [0.05, 0.1) is 11.9 Å². The van der Waals surface area contributed by atoms with E-state index in [1.54, 1.807) is 20.0 Å². The molecule has 0 bridgehead atoms. The normalized spacial score (nSPS) is 10.5. The minimum absolute atomic E-state index is 0.260. The summed E-state index contributed by atoms with van der Waals surface area (Å²) in [6, 6.07) is 0. The summed E-state index contributed by atoms with van der Waals surface area (Å²) >= 11 is 0. The van der Waals surface area contributed by atoms with Gasteiger partial charge in [0.25, 0.3) is 5.91 Å². The molecule has 0 aliphatic carbocycles. The highest BCUT2D eigenvalue weighted by atomic mass is 16.4. The zero-order chi connectivity index (χ0) is 12.4. The number of nitrogens with one attached hydrogen (secondary N) is 2. The summed E-state index contributed by atoms with van der Waals surface area (Å²) in [5.74, 6) is 0.500. The molecule has 17 heavy (non-hydrogen) atoms. The summed E-state index contributed by atoms with van der Waals surface area (Å²) in [4.78, 5) is 15.9. The number of aryl methyl sites for hydroxylation is 3. The van der Waals surface area contributed by atoms with Gasteiger partial charge in [0, 0.05) is 24.7 Å². The van der Waals surface area contributed by atoms with Gasteiger partial charge in [-0.1, -0.05) is 0 Å². The van der Waals surface area contributed by atoms with E-state index in [1.165, 1.54) is 0 Å². The third-order valence-corrected chi connectivity index (χ3v) is 2.48. The molecule has 0 saturated heterocycles. The molecule has 2 rings (SSSR count). The second-order valence-corrected chi connectivity index (χ2v) is 3.85. The molecule has 0 fully saturated rings. The molecule has 0 radical (unpaired) electrons. The molecule has 1 amide bonds. The standard InChI is InChI=1S/C11H14N4O2/c1-6-9(5-13-15-6)4-12-11(16)10-7(2)14-8(3)17-10/h5H,4H2,1-3H3,(H,12,16)(H,13,15). The Hall–Kier alpha value is -2.11. The van der Waals surface area contributed by atoms with Gasteiger partial charge in [0.15, 0.2) is 5.89 Å². The van der Waals surface area contributed by atoms with E-state index in [9.17, 15) is 4.79 Å². The third kappa shape index (κ3) is 2.35. The molecule has 0 saturated carbocycles. The van der Waals surface area contributed by atoms with Gasteiger partial charge in [-0.2, -0.15) is 5.10 Å². The van der Waals surface area contributed by atoms with Crippen LogP contribution >= 0.6 is 0 Å². The fraction of sp³-hybridized carbons (Fsp3) is 0.364. The molecule has 0 spiro atoms. The smallest absolute Gasteiger partial charge is 0.289 e. The van der Waals surface area contributed by atoms with Gasteiger partial charge >= 0.3 is 0 Å². The molecule has 2 aromatic heterocycles. The lowest BCUT2D eigenvalue weighted by molar-refractivity contribution is 0.0921. The monoisotopic (exact) mass is 234 g/mol. The Balaban J connectivity index is 2.03. The van der Waals surface area contributed by atoms with Crippen LogP contribution in [0, 0.1) is 20.8 Å². The zero-order valence-electron chi connectivity index (χ0n) is 10.00. The highest BCUT2D eigenvalue weighted by molar-refractivity contribution is 5.92. The second kappa shape index (κ2) is 4.40. The number of carbonyl (C=O) groups excluding carboxylic acids is 1. The van der Waals surface area contributed by atoms with Crippen LogP contribution in [0.5, 0.6) is 0 Å². The lowest BCUT2D eigenvalue weighted by Crippen LogP contribution is -2.23. The van der Waals surface area contributed by atoms with Gasteiger partial charge in [-0.15, -0.1) is 0 Å². The van der Waals surface area contributed by atoms with Gasteiger partial charge in [-0.3, -0.25) is 9.89 Å². The second-order valence-electron chi connectivity index (χ2n) is 3.85. The largest absolute Gasteiger partial charge is 0.436 e. The first-order chi connectivity index (χ1) is 8.08. The minimum atomic E-state index is -0.260. The molecule has 0 aliphatic rings. The number of oxazole rings is 1. The van der Waals surface area contributed by atoms with Crippen molar-refractivity contribution in [3.63, 3.8) is 0 Å². The maximum Gasteiger partial charge on any atom is 0.289 e. The average Bonchev–Trinajstić information content (AvgIpc) is 2.81. The van der Waals surface area contributed by atoms with E-state index in [0.717, 1.165) is 11.3 Å². The molecule has 2 heterocycles. The van der Waals surface area contributed by atoms with Crippen LogP contribution in [0.15, 0.2) is 10.6 Å². The van der Waals surface area contributed by atoms with Crippen LogP contribution in [0.25, 0.3) is 0 Å². The SMILES string of the molecule is Cc1nc(C)c(C(=O)NCc2cn[nH]c2C)o1. The number of H-pyrrole nitrogens is 1. The number of aromatic nitrogens is 3. The van der Waals surface area contributed by atoms with Crippen molar-refractivity contribution in [1.29, 1.82) is 0 Å². The number of carbonyl (C=O) groups is 1. The van der Waals surface area contributed by atoms with Gasteiger partial charge in [-0.05, 0) is 13.8 Å². The van der Waals surface area contributed by atoms with Crippen molar-refractivity contribution in [3.8, 4) is 0 Å². The third-order valence-electron chi connectivity index (χ3n) is 2.48. The van der Waals surface area contributed by atoms with Crippen molar-refractivity contribution in [2.75, 3.05) is 0 Å². The number of hydrogen-bond donors (Lipinski definition) is 2. The predicted octanol–water partition coefficient (Wildman–Crippen LogP) is 1.25. The van der Waals surface area contributed by atoms with E-state index in [-0.39, 0.29) is 11.7 Å². The van der Waals surface area contributed by atoms with E-state index in [2.05, 4.69) is 20.5 Å². The molecular weight excluding hydrogens is 220 g/mol. The fourth-order valence-corrected chi connectivity index (χ4v) is 1.55. The van der Waals surface area contributed by atoms with Crippen LogP contribution in [0.2, 0.25) is 0 Å². The molecule has 0 aliphatic heterocycles. The Morgan fingerprint density at radius 2 is 2.24 bits per heavy atom. The summed E-state index contributed by atoms with van der Waals surface area (Å²) in [6.07, 6.45) is 1.69. The Morgan fingerprint density at radius 3 is 2.76 bits per heavy atom. The maximum atomic E-state index is 11.8. The Morgan fingerprint density at radius 1 is 1.47 bits per heavy atom. The van der Waals surface area contributed by atoms with Crippen LogP contribution in [-0.4, -0.2) is 21.1 Å². The van der Waals surface area contributed by atoms with Crippen LogP contribution < -0.4 is 5.32 Å². The summed E-state index contributed by atoms with van der Waals surface area (Å²) in [5.41, 5.74) is 2.49. The summed E-state index contributed by atoms with van der Waals surface area (Å²) < 4.78 is 5.23. The Labute approximate surface area is 98.4 Å². The molecule has 2 N–H and O–H groups in total. The van der Waals surface area contributed by atoms with E-state index < -0.39 is 0 Å². The van der Waals surface area contributed by atoms with Gasteiger partial charge < -0.3 is 9.73 Å². The first kappa shape index (κ1) is 11.4. The van der Waals surface area contributed by atoms with E-state index in [0.29, 0.717) is 18.1 Å². The molecular formula is C11H14N4O2. The Bertz CT molecular complexity index is 541. The summed E-state index contributed by atoms with van der Waals surface area (Å²) in [7, 11) is 0. The molecule has 90 valence electrons. The van der Waals surface area contributed by atoms with Crippen LogP contribution in [0.1, 0.15) is 33.4 Å². The quantitative estimate of drug-likeness (QED) is 0.837. The Kier molecular flexibility index (Phi) is 2.95. The topological polar surface area (TPSA) is 83.8 Å².